The van der Waals surface area contributed by atoms with Gasteiger partial charge in [-0.15, -0.1) is 0 Å². The molecule has 0 spiro atoms. The van der Waals surface area contributed by atoms with E-state index in [0.29, 0.717) is 18.0 Å². The Morgan fingerprint density at radius 3 is 2.82 bits per heavy atom. The molecule has 0 bridgehead atoms. The Morgan fingerprint density at radius 1 is 1.29 bits per heavy atom. The van der Waals surface area contributed by atoms with E-state index in [0.717, 1.165) is 5.56 Å². The van der Waals surface area contributed by atoms with E-state index in [1.807, 2.05) is 18.2 Å². The second-order valence-corrected chi connectivity index (χ2v) is 6.07. The van der Waals surface area contributed by atoms with Crippen LogP contribution in [0, 0.1) is 0 Å². The second kappa shape index (κ2) is 9.01. The molecule has 2 aromatic rings. The Hall–Kier alpha value is -3.39. The van der Waals surface area contributed by atoms with Crippen LogP contribution >= 0.6 is 0 Å². The van der Waals surface area contributed by atoms with Crippen molar-refractivity contribution in [3.05, 3.63) is 65.6 Å². The number of benzene rings is 1. The van der Waals surface area contributed by atoms with Gasteiger partial charge in [0.15, 0.2) is 0 Å². The van der Waals surface area contributed by atoms with Crippen molar-refractivity contribution in [2.24, 2.45) is 0 Å². The zero-order valence-electron chi connectivity index (χ0n) is 15.4. The normalized spacial score (nSPS) is 13.6. The van der Waals surface area contributed by atoms with Crippen molar-refractivity contribution in [3.63, 3.8) is 0 Å². The lowest BCUT2D eigenvalue weighted by molar-refractivity contribution is -0.136. The number of carbonyl (C=O) groups excluding carboxylic acids is 2. The number of amides is 1. The maximum Gasteiger partial charge on any atom is 0.337 e. The van der Waals surface area contributed by atoms with Crippen LogP contribution in [0.1, 0.15) is 5.56 Å². The van der Waals surface area contributed by atoms with Crippen LogP contribution in [0.2, 0.25) is 0 Å². The number of aromatic nitrogens is 1. The highest BCUT2D eigenvalue weighted by Gasteiger charge is 2.34. The first-order valence-corrected chi connectivity index (χ1v) is 8.73. The van der Waals surface area contributed by atoms with Crippen LogP contribution in [-0.2, 0) is 20.9 Å². The summed E-state index contributed by atoms with van der Waals surface area (Å²) in [4.78, 5) is 30.2. The fraction of sp³-hybridized carbons (Fsp3) is 0.250. The zero-order chi connectivity index (χ0) is 19.9. The molecule has 2 heterocycles. The smallest absolute Gasteiger partial charge is 0.337 e. The van der Waals surface area contributed by atoms with Crippen molar-refractivity contribution >= 4 is 17.6 Å². The van der Waals surface area contributed by atoms with Gasteiger partial charge in [-0.25, -0.2) is 4.79 Å². The first-order valence-electron chi connectivity index (χ1n) is 8.73. The Bertz CT molecular complexity index is 882. The predicted molar refractivity (Wildman–Crippen MR) is 101 cm³/mol. The van der Waals surface area contributed by atoms with Crippen molar-refractivity contribution in [2.45, 2.75) is 6.61 Å². The molecular formula is C20H21N3O5. The van der Waals surface area contributed by atoms with Crippen molar-refractivity contribution in [1.82, 2.24) is 9.88 Å². The van der Waals surface area contributed by atoms with Gasteiger partial charge in [0, 0.05) is 24.5 Å². The first-order chi connectivity index (χ1) is 13.6. The molecule has 1 aliphatic heterocycles. The third-order valence-corrected chi connectivity index (χ3v) is 4.22. The quantitative estimate of drug-likeness (QED) is 0.663. The summed E-state index contributed by atoms with van der Waals surface area (Å²) in [6.45, 7) is 0.315. The number of pyridine rings is 1. The SMILES string of the molecule is COC(=O)C1=C(Nc2ccccc2OCc2cccnc2)C(=O)N(CCO)C1. The molecule has 0 saturated heterocycles. The molecule has 1 aliphatic rings. The van der Waals surface area contributed by atoms with Gasteiger partial charge in [-0.05, 0) is 18.2 Å². The van der Waals surface area contributed by atoms with Crippen molar-refractivity contribution < 1.29 is 24.2 Å². The van der Waals surface area contributed by atoms with Crippen LogP contribution in [0.5, 0.6) is 5.75 Å². The second-order valence-electron chi connectivity index (χ2n) is 6.07. The largest absolute Gasteiger partial charge is 0.487 e. The molecule has 146 valence electrons. The minimum Gasteiger partial charge on any atom is -0.487 e. The Morgan fingerprint density at radius 2 is 2.11 bits per heavy atom. The Kier molecular flexibility index (Phi) is 6.23. The number of β-amino-alcohol motifs (C(OH)–C–C–N with tert-alkyl or cyclic N) is 1. The van der Waals surface area contributed by atoms with Crippen molar-refractivity contribution in [1.29, 1.82) is 0 Å². The van der Waals surface area contributed by atoms with Crippen LogP contribution < -0.4 is 10.1 Å². The van der Waals surface area contributed by atoms with Gasteiger partial charge in [0.05, 0.1) is 31.5 Å². The number of anilines is 1. The van der Waals surface area contributed by atoms with Crippen LogP contribution in [0.15, 0.2) is 60.1 Å². The number of esters is 1. The summed E-state index contributed by atoms with van der Waals surface area (Å²) in [5.74, 6) is -0.446. The first kappa shape index (κ1) is 19.4. The molecule has 0 saturated carbocycles. The number of hydrogen-bond donors (Lipinski definition) is 2. The van der Waals surface area contributed by atoms with Crippen LogP contribution in [0.3, 0.4) is 0 Å². The van der Waals surface area contributed by atoms with Gasteiger partial charge in [0.25, 0.3) is 5.91 Å². The molecule has 8 heteroatoms. The third-order valence-electron chi connectivity index (χ3n) is 4.22. The number of carbonyl (C=O) groups is 2. The summed E-state index contributed by atoms with van der Waals surface area (Å²) < 4.78 is 10.7. The Labute approximate surface area is 162 Å². The highest BCUT2D eigenvalue weighted by atomic mass is 16.5. The number of aliphatic hydroxyl groups excluding tert-OH is 1. The molecule has 2 N–H and O–H groups in total. The maximum absolute atomic E-state index is 12.7. The molecule has 1 aromatic heterocycles. The summed E-state index contributed by atoms with van der Waals surface area (Å²) in [6, 6.07) is 10.8. The summed E-state index contributed by atoms with van der Waals surface area (Å²) in [5, 5.41) is 12.2. The third kappa shape index (κ3) is 4.29. The summed E-state index contributed by atoms with van der Waals surface area (Å²) in [5.41, 5.74) is 1.78. The van der Waals surface area contributed by atoms with E-state index in [1.54, 1.807) is 30.6 Å². The molecule has 0 fully saturated rings. The monoisotopic (exact) mass is 383 g/mol. The molecule has 28 heavy (non-hydrogen) atoms. The molecule has 3 rings (SSSR count). The summed E-state index contributed by atoms with van der Waals surface area (Å²) >= 11 is 0. The molecule has 8 nitrogen and oxygen atoms in total. The molecule has 1 amide bonds. The number of ether oxygens (including phenoxy) is 2. The fourth-order valence-electron chi connectivity index (χ4n) is 2.82. The molecule has 0 radical (unpaired) electrons. The van der Waals surface area contributed by atoms with Gasteiger partial charge in [0.2, 0.25) is 0 Å². The average molecular weight is 383 g/mol. The van der Waals surface area contributed by atoms with E-state index in [-0.39, 0.29) is 36.9 Å². The fourth-order valence-corrected chi connectivity index (χ4v) is 2.82. The van der Waals surface area contributed by atoms with E-state index in [9.17, 15) is 9.59 Å². The topological polar surface area (TPSA) is 101 Å². The molecular weight excluding hydrogens is 362 g/mol. The van der Waals surface area contributed by atoms with E-state index < -0.39 is 5.97 Å². The van der Waals surface area contributed by atoms with Crippen molar-refractivity contribution in [3.8, 4) is 5.75 Å². The number of para-hydroxylation sites is 2. The lowest BCUT2D eigenvalue weighted by Crippen LogP contribution is -2.31. The van der Waals surface area contributed by atoms with E-state index >= 15 is 0 Å². The number of hydrogen-bond acceptors (Lipinski definition) is 7. The van der Waals surface area contributed by atoms with Gasteiger partial charge in [-0.3, -0.25) is 9.78 Å². The van der Waals surface area contributed by atoms with E-state index in [4.69, 9.17) is 14.6 Å². The molecule has 0 unspecified atom stereocenters. The van der Waals surface area contributed by atoms with Crippen molar-refractivity contribution in [2.75, 3.05) is 32.1 Å². The standard InChI is InChI=1S/C20H21N3O5/c1-27-20(26)15-12-23(9-10-24)19(25)18(15)22-16-6-2-3-7-17(16)28-13-14-5-4-8-21-11-14/h2-8,11,22,24H,9-10,12-13H2,1H3. The lowest BCUT2D eigenvalue weighted by atomic mass is 10.2. The average Bonchev–Trinajstić information content (AvgIpc) is 3.03. The molecule has 0 aliphatic carbocycles. The lowest BCUT2D eigenvalue weighted by Gasteiger charge is -2.16. The van der Waals surface area contributed by atoms with Gasteiger partial charge in [-0.2, -0.15) is 0 Å². The van der Waals surface area contributed by atoms with Crippen LogP contribution in [-0.4, -0.2) is 53.7 Å². The summed E-state index contributed by atoms with van der Waals surface area (Å²) in [6.07, 6.45) is 3.39. The molecule has 1 aromatic carbocycles. The van der Waals surface area contributed by atoms with E-state index in [1.165, 1.54) is 12.0 Å². The highest BCUT2D eigenvalue weighted by molar-refractivity contribution is 6.08. The van der Waals surface area contributed by atoms with Crippen LogP contribution in [0.25, 0.3) is 0 Å². The minimum atomic E-state index is -0.593. The van der Waals surface area contributed by atoms with Gasteiger partial charge in [0.1, 0.15) is 18.1 Å². The number of methoxy groups -OCH3 is 1. The number of nitrogens with zero attached hydrogens (tertiary/aromatic N) is 2. The zero-order valence-corrected chi connectivity index (χ0v) is 15.4. The minimum absolute atomic E-state index is 0.0765. The maximum atomic E-state index is 12.7. The number of rotatable bonds is 8. The number of aliphatic hydroxyl groups is 1. The van der Waals surface area contributed by atoms with Gasteiger partial charge >= 0.3 is 5.97 Å². The summed E-state index contributed by atoms with van der Waals surface area (Å²) in [7, 11) is 1.26. The highest BCUT2D eigenvalue weighted by Crippen LogP contribution is 2.29. The predicted octanol–water partition coefficient (Wildman–Crippen LogP) is 1.33. The van der Waals surface area contributed by atoms with E-state index in [2.05, 4.69) is 10.3 Å². The molecule has 0 atom stereocenters. The van der Waals surface area contributed by atoms with Gasteiger partial charge in [-0.1, -0.05) is 18.2 Å². The Balaban J connectivity index is 1.83. The van der Waals surface area contributed by atoms with Crippen LogP contribution in [0.4, 0.5) is 5.69 Å². The van der Waals surface area contributed by atoms with Gasteiger partial charge < -0.3 is 24.8 Å². The number of nitrogens with one attached hydrogen (secondary N) is 1.